The van der Waals surface area contributed by atoms with E-state index < -0.39 is 20.0 Å². The van der Waals surface area contributed by atoms with Crippen LogP contribution in [0.15, 0.2) is 0 Å². The van der Waals surface area contributed by atoms with E-state index >= 15 is 0 Å². The molecule has 0 bridgehead atoms. The number of hydrogen-bond acceptors (Lipinski definition) is 5. The minimum Gasteiger partial charge on any atom is -0.391 e. The number of carbonyl (C=O) groups is 1. The van der Waals surface area contributed by atoms with E-state index in [-0.39, 0.29) is 19.1 Å². The number of amides is 1. The van der Waals surface area contributed by atoms with E-state index in [0.717, 1.165) is 38.5 Å². The lowest BCUT2D eigenvalue weighted by molar-refractivity contribution is -0.870. The predicted molar refractivity (Wildman–Crippen MR) is 268 cm³/mol. The summed E-state index contributed by atoms with van der Waals surface area (Å²) in [6.07, 6.45) is 52.9. The van der Waals surface area contributed by atoms with Crippen molar-refractivity contribution in [3.63, 3.8) is 0 Å². The van der Waals surface area contributed by atoms with Crippen LogP contribution in [0.5, 0.6) is 0 Å². The zero-order chi connectivity index (χ0) is 45.7. The molecule has 3 N–H and O–H groups in total. The van der Waals surface area contributed by atoms with Crippen LogP contribution in [0.4, 0.5) is 0 Å². The number of phosphoric ester groups is 1. The molecule has 0 aromatic carbocycles. The van der Waals surface area contributed by atoms with Gasteiger partial charge in [-0.25, -0.2) is 4.57 Å². The molecular formula is C53H110N2O6P+. The van der Waals surface area contributed by atoms with Crippen LogP contribution < -0.4 is 5.32 Å². The molecular weight excluding hydrogens is 792 g/mol. The first-order valence-electron chi connectivity index (χ1n) is 27.4. The summed E-state index contributed by atoms with van der Waals surface area (Å²) in [6, 6.07) is -0.754. The molecule has 9 heteroatoms. The van der Waals surface area contributed by atoms with Gasteiger partial charge in [0.25, 0.3) is 0 Å². The zero-order valence-electron chi connectivity index (χ0n) is 42.4. The Kier molecular flexibility index (Phi) is 45.3. The number of hydrogen-bond donors (Lipinski definition) is 3. The lowest BCUT2D eigenvalue weighted by Gasteiger charge is -2.26. The van der Waals surface area contributed by atoms with Gasteiger partial charge in [0.1, 0.15) is 13.2 Å². The van der Waals surface area contributed by atoms with E-state index in [1.807, 2.05) is 21.1 Å². The molecule has 0 aromatic heterocycles. The minimum absolute atomic E-state index is 0.0790. The SMILES string of the molecule is CCCCCCCCCCCCCCCCCCCCCCCCCCC(O)C(COP(=O)(O)OCC[N+](C)(C)C)NC(=O)CCCCCCCCCCCCCCCCCC. The average Bonchev–Trinajstić information content (AvgIpc) is 3.23. The molecule has 0 aliphatic heterocycles. The van der Waals surface area contributed by atoms with Crippen molar-refractivity contribution in [1.82, 2.24) is 5.32 Å². The van der Waals surface area contributed by atoms with Gasteiger partial charge < -0.3 is 19.8 Å². The smallest absolute Gasteiger partial charge is 0.391 e. The number of phosphoric acid groups is 1. The van der Waals surface area contributed by atoms with E-state index in [0.29, 0.717) is 23.9 Å². The van der Waals surface area contributed by atoms with Gasteiger partial charge in [0.15, 0.2) is 0 Å². The van der Waals surface area contributed by atoms with Crippen LogP contribution in [0.2, 0.25) is 0 Å². The van der Waals surface area contributed by atoms with Crippen LogP contribution in [0, 0.1) is 0 Å². The van der Waals surface area contributed by atoms with Crippen molar-refractivity contribution in [2.45, 2.75) is 296 Å². The van der Waals surface area contributed by atoms with Crippen molar-refractivity contribution in [2.75, 3.05) is 40.9 Å². The van der Waals surface area contributed by atoms with Gasteiger partial charge in [-0.3, -0.25) is 13.8 Å². The Bertz CT molecular complexity index is 978. The summed E-state index contributed by atoms with van der Waals surface area (Å²) >= 11 is 0. The zero-order valence-corrected chi connectivity index (χ0v) is 43.3. The number of nitrogens with zero attached hydrogens (tertiary/aromatic N) is 1. The number of nitrogens with one attached hydrogen (secondary N) is 1. The number of rotatable bonds is 51. The fourth-order valence-corrected chi connectivity index (χ4v) is 9.26. The second kappa shape index (κ2) is 45.6. The second-order valence-electron chi connectivity index (χ2n) is 20.3. The number of likely N-dealkylation sites (N-methyl/N-ethyl adjacent to an activating group) is 1. The molecule has 0 aliphatic carbocycles. The van der Waals surface area contributed by atoms with Gasteiger partial charge in [0.05, 0.1) is 39.9 Å². The Hall–Kier alpha value is -0.500. The van der Waals surface area contributed by atoms with Gasteiger partial charge in [0, 0.05) is 6.42 Å². The molecule has 3 unspecified atom stereocenters. The molecule has 0 aliphatic rings. The van der Waals surface area contributed by atoms with Crippen molar-refractivity contribution in [1.29, 1.82) is 0 Å². The van der Waals surface area contributed by atoms with Crippen molar-refractivity contribution in [2.24, 2.45) is 0 Å². The normalized spacial score (nSPS) is 14.0. The molecule has 0 spiro atoms. The van der Waals surface area contributed by atoms with Crippen LogP contribution in [0.3, 0.4) is 0 Å². The van der Waals surface area contributed by atoms with Gasteiger partial charge in [0.2, 0.25) is 5.91 Å². The van der Waals surface area contributed by atoms with E-state index in [1.54, 1.807) is 0 Å². The summed E-state index contributed by atoms with van der Waals surface area (Å²) in [4.78, 5) is 23.3. The standard InChI is InChI=1S/C53H109N2O6P/c1-6-8-10-12-14-16-18-20-22-24-25-26-27-28-29-30-31-32-34-36-38-40-42-44-46-52(56)51(50-61-62(58,59)60-49-48-55(3,4)5)54-53(57)47-45-43-41-39-37-35-33-23-21-19-17-15-13-11-9-7-2/h51-52,56H,6-50H2,1-5H3,(H-,54,57,58,59)/p+1. The second-order valence-corrected chi connectivity index (χ2v) is 21.8. The number of aliphatic hydroxyl groups excluding tert-OH is 1. The Morgan fingerprint density at radius 3 is 1.08 bits per heavy atom. The van der Waals surface area contributed by atoms with Crippen molar-refractivity contribution < 1.29 is 32.9 Å². The summed E-state index contributed by atoms with van der Waals surface area (Å²) in [7, 11) is 1.63. The summed E-state index contributed by atoms with van der Waals surface area (Å²) in [6.45, 7) is 4.94. The van der Waals surface area contributed by atoms with Crippen molar-refractivity contribution >= 4 is 13.7 Å². The largest absolute Gasteiger partial charge is 0.472 e. The molecule has 0 saturated heterocycles. The van der Waals surface area contributed by atoms with Crippen LogP contribution in [0.25, 0.3) is 0 Å². The molecule has 1 amide bonds. The lowest BCUT2D eigenvalue weighted by atomic mass is 10.0. The van der Waals surface area contributed by atoms with E-state index in [9.17, 15) is 19.4 Å². The monoisotopic (exact) mass is 902 g/mol. The fraction of sp³-hybridized carbons (Fsp3) is 0.981. The molecule has 0 rings (SSSR count). The number of quaternary nitrogens is 1. The average molecular weight is 902 g/mol. The van der Waals surface area contributed by atoms with Crippen LogP contribution in [-0.2, 0) is 18.4 Å². The van der Waals surface area contributed by atoms with Gasteiger partial charge in [-0.05, 0) is 12.8 Å². The van der Waals surface area contributed by atoms with Gasteiger partial charge in [-0.2, -0.15) is 0 Å². The Labute approximate surface area is 387 Å². The molecule has 8 nitrogen and oxygen atoms in total. The van der Waals surface area contributed by atoms with E-state index in [1.165, 1.54) is 218 Å². The summed E-state index contributed by atoms with van der Waals surface area (Å²) in [5.41, 5.74) is 0. The highest BCUT2D eigenvalue weighted by Gasteiger charge is 2.28. The van der Waals surface area contributed by atoms with Crippen molar-refractivity contribution in [3.05, 3.63) is 0 Å². The van der Waals surface area contributed by atoms with Crippen LogP contribution >= 0.6 is 7.82 Å². The maximum atomic E-state index is 13.0. The Morgan fingerprint density at radius 2 is 0.774 bits per heavy atom. The van der Waals surface area contributed by atoms with Gasteiger partial charge >= 0.3 is 7.82 Å². The van der Waals surface area contributed by atoms with E-state index in [4.69, 9.17) is 9.05 Å². The third-order valence-electron chi connectivity index (χ3n) is 12.9. The molecule has 0 fully saturated rings. The van der Waals surface area contributed by atoms with Crippen LogP contribution in [0.1, 0.15) is 284 Å². The molecule has 0 heterocycles. The highest BCUT2D eigenvalue weighted by atomic mass is 31.2. The Balaban J connectivity index is 4.14. The lowest BCUT2D eigenvalue weighted by Crippen LogP contribution is -2.46. The molecule has 62 heavy (non-hydrogen) atoms. The first kappa shape index (κ1) is 61.5. The topological polar surface area (TPSA) is 105 Å². The first-order chi connectivity index (χ1) is 30.0. The predicted octanol–water partition coefficient (Wildman–Crippen LogP) is 16.1. The third-order valence-corrected chi connectivity index (χ3v) is 13.8. The first-order valence-corrected chi connectivity index (χ1v) is 28.9. The van der Waals surface area contributed by atoms with Crippen LogP contribution in [-0.4, -0.2) is 73.4 Å². The quantitative estimate of drug-likeness (QED) is 0.0319. The number of carbonyl (C=O) groups excluding carboxylic acids is 1. The van der Waals surface area contributed by atoms with Gasteiger partial charge in [-0.1, -0.05) is 264 Å². The highest BCUT2D eigenvalue weighted by Crippen LogP contribution is 2.43. The molecule has 0 aromatic rings. The van der Waals surface area contributed by atoms with Crippen molar-refractivity contribution in [3.8, 4) is 0 Å². The maximum Gasteiger partial charge on any atom is 0.472 e. The number of aliphatic hydroxyl groups is 1. The molecule has 0 saturated carbocycles. The van der Waals surface area contributed by atoms with Gasteiger partial charge in [-0.15, -0.1) is 0 Å². The molecule has 3 atom stereocenters. The summed E-state index contributed by atoms with van der Waals surface area (Å²) in [5.74, 6) is -0.138. The molecule has 0 radical (unpaired) electrons. The van der Waals surface area contributed by atoms with E-state index in [2.05, 4.69) is 19.2 Å². The molecule has 372 valence electrons. The third kappa shape index (κ3) is 47.5. The Morgan fingerprint density at radius 1 is 0.484 bits per heavy atom. The highest BCUT2D eigenvalue weighted by molar-refractivity contribution is 7.47. The minimum atomic E-state index is -4.31. The summed E-state index contributed by atoms with van der Waals surface area (Å²) < 4.78 is 23.8. The summed E-state index contributed by atoms with van der Waals surface area (Å²) in [5, 5.41) is 14.1. The fourth-order valence-electron chi connectivity index (χ4n) is 8.52. The number of unbranched alkanes of at least 4 members (excludes halogenated alkanes) is 38. The maximum absolute atomic E-state index is 13.0.